The molecule has 3 heterocycles. The molecule has 3 aliphatic rings. The van der Waals surface area contributed by atoms with Crippen molar-refractivity contribution in [1.29, 1.82) is 0 Å². The lowest BCUT2D eigenvalue weighted by molar-refractivity contribution is -0.122. The van der Waals surface area contributed by atoms with Crippen LogP contribution in [-0.4, -0.2) is 83.2 Å². The van der Waals surface area contributed by atoms with E-state index in [9.17, 15) is 4.79 Å². The third-order valence-electron chi connectivity index (χ3n) is 7.17. The van der Waals surface area contributed by atoms with Gasteiger partial charge in [-0.15, -0.1) is 10.2 Å². The Morgan fingerprint density at radius 1 is 0.944 bits per heavy atom. The van der Waals surface area contributed by atoms with Crippen LogP contribution in [0.4, 0.5) is 11.8 Å². The SMILES string of the molecule is O=C(NCc1nnc(N2CCN(CCN3CCCC3)CC2)nc1NCc1ccc(Cl)cc1Cl)C1CC1. The predicted octanol–water partition coefficient (Wildman–Crippen LogP) is 3.03. The van der Waals surface area contributed by atoms with Gasteiger partial charge in [0.2, 0.25) is 11.9 Å². The lowest BCUT2D eigenvalue weighted by Gasteiger charge is -2.35. The number of anilines is 2. The number of carbonyl (C=O) groups excluding carboxylic acids is 1. The highest BCUT2D eigenvalue weighted by Crippen LogP contribution is 2.29. The first-order chi connectivity index (χ1) is 17.5. The minimum atomic E-state index is 0.0672. The molecule has 0 radical (unpaired) electrons. The molecule has 36 heavy (non-hydrogen) atoms. The number of carbonyl (C=O) groups is 1. The Kier molecular flexibility index (Phi) is 8.41. The highest BCUT2D eigenvalue weighted by molar-refractivity contribution is 6.35. The molecule has 9 nitrogen and oxygen atoms in total. The monoisotopic (exact) mass is 532 g/mol. The molecule has 0 unspecified atom stereocenters. The Labute approximate surface area is 222 Å². The van der Waals surface area contributed by atoms with Gasteiger partial charge in [-0.05, 0) is 56.5 Å². The molecule has 1 amide bonds. The van der Waals surface area contributed by atoms with Gasteiger partial charge in [-0.3, -0.25) is 9.69 Å². The molecule has 1 aromatic carbocycles. The van der Waals surface area contributed by atoms with Gasteiger partial charge < -0.3 is 20.4 Å². The summed E-state index contributed by atoms with van der Waals surface area (Å²) < 4.78 is 0. The molecule has 0 spiro atoms. The number of nitrogens with zero attached hydrogens (tertiary/aromatic N) is 6. The Balaban J connectivity index is 1.22. The van der Waals surface area contributed by atoms with Crippen LogP contribution in [0.15, 0.2) is 18.2 Å². The summed E-state index contributed by atoms with van der Waals surface area (Å²) in [6.45, 7) is 9.19. The first-order valence-electron chi connectivity index (χ1n) is 12.9. The van der Waals surface area contributed by atoms with E-state index in [1.807, 2.05) is 12.1 Å². The van der Waals surface area contributed by atoms with E-state index >= 15 is 0 Å². The molecule has 5 rings (SSSR count). The number of benzene rings is 1. The molecule has 0 bridgehead atoms. The predicted molar refractivity (Wildman–Crippen MR) is 143 cm³/mol. The zero-order valence-electron chi connectivity index (χ0n) is 20.6. The number of halogens is 2. The summed E-state index contributed by atoms with van der Waals surface area (Å²) in [5.41, 5.74) is 1.52. The molecule has 3 fully saturated rings. The molecular weight excluding hydrogens is 499 g/mol. The fourth-order valence-corrected chi connectivity index (χ4v) is 5.17. The molecule has 2 N–H and O–H groups in total. The second kappa shape index (κ2) is 11.9. The number of hydrogen-bond acceptors (Lipinski definition) is 8. The zero-order chi connectivity index (χ0) is 24.9. The topological polar surface area (TPSA) is 89.5 Å². The van der Waals surface area contributed by atoms with E-state index in [0.29, 0.717) is 34.1 Å². The normalized spacial score (nSPS) is 19.0. The standard InChI is InChI=1S/C25H34Cl2N8O/c26-20-6-5-19(21(27)15-20)16-28-23-22(17-29-24(36)18-3-4-18)31-32-25(30-23)35-13-11-34(12-14-35)10-9-33-7-1-2-8-33/h5-6,15,18H,1-4,7-14,16-17H2,(H,29,36)(H,28,30,32). The van der Waals surface area contributed by atoms with E-state index in [1.54, 1.807) is 6.07 Å². The summed E-state index contributed by atoms with van der Waals surface area (Å²) in [4.78, 5) is 24.3. The third kappa shape index (κ3) is 6.76. The Morgan fingerprint density at radius 2 is 1.67 bits per heavy atom. The number of amides is 1. The van der Waals surface area contributed by atoms with Gasteiger partial charge in [0.05, 0.1) is 6.54 Å². The third-order valence-corrected chi connectivity index (χ3v) is 7.76. The van der Waals surface area contributed by atoms with E-state index in [2.05, 4.69) is 35.5 Å². The summed E-state index contributed by atoms with van der Waals surface area (Å²) in [5, 5.41) is 16.4. The maximum atomic E-state index is 12.2. The Bertz CT molecular complexity index is 1050. The fraction of sp³-hybridized carbons (Fsp3) is 0.600. The van der Waals surface area contributed by atoms with Crippen molar-refractivity contribution in [2.45, 2.75) is 38.8 Å². The van der Waals surface area contributed by atoms with Crippen molar-refractivity contribution in [3.63, 3.8) is 0 Å². The van der Waals surface area contributed by atoms with Crippen LogP contribution in [0.1, 0.15) is 36.9 Å². The van der Waals surface area contributed by atoms with Crippen molar-refractivity contribution in [3.05, 3.63) is 39.5 Å². The molecule has 2 saturated heterocycles. The van der Waals surface area contributed by atoms with Gasteiger partial charge >= 0.3 is 0 Å². The molecular formula is C25H34Cl2N8O. The number of rotatable bonds is 10. The highest BCUT2D eigenvalue weighted by atomic mass is 35.5. The van der Waals surface area contributed by atoms with Crippen LogP contribution in [0, 0.1) is 5.92 Å². The van der Waals surface area contributed by atoms with Crippen LogP contribution < -0.4 is 15.5 Å². The number of likely N-dealkylation sites (tertiary alicyclic amines) is 1. The highest BCUT2D eigenvalue weighted by Gasteiger charge is 2.29. The van der Waals surface area contributed by atoms with Crippen LogP contribution in [0.5, 0.6) is 0 Å². The van der Waals surface area contributed by atoms with Crippen LogP contribution in [0.3, 0.4) is 0 Å². The zero-order valence-corrected chi connectivity index (χ0v) is 22.1. The molecule has 2 aromatic rings. The van der Waals surface area contributed by atoms with Gasteiger partial charge in [-0.1, -0.05) is 29.3 Å². The van der Waals surface area contributed by atoms with Gasteiger partial charge in [-0.2, -0.15) is 4.98 Å². The van der Waals surface area contributed by atoms with E-state index in [0.717, 1.165) is 57.7 Å². The Morgan fingerprint density at radius 3 is 2.36 bits per heavy atom. The van der Waals surface area contributed by atoms with Gasteiger partial charge in [0.1, 0.15) is 5.69 Å². The van der Waals surface area contributed by atoms with Gasteiger partial charge in [0.15, 0.2) is 5.82 Å². The van der Waals surface area contributed by atoms with Crippen molar-refractivity contribution in [3.8, 4) is 0 Å². The smallest absolute Gasteiger partial charge is 0.247 e. The first-order valence-corrected chi connectivity index (χ1v) is 13.7. The summed E-state index contributed by atoms with van der Waals surface area (Å²) in [5.74, 6) is 1.42. The number of piperazine rings is 1. The summed E-state index contributed by atoms with van der Waals surface area (Å²) in [6, 6.07) is 5.43. The van der Waals surface area contributed by atoms with Crippen LogP contribution in [0.2, 0.25) is 10.0 Å². The molecule has 1 saturated carbocycles. The minimum absolute atomic E-state index is 0.0672. The average Bonchev–Trinajstić information content (AvgIpc) is 3.61. The molecule has 194 valence electrons. The van der Waals surface area contributed by atoms with Crippen molar-refractivity contribution < 1.29 is 4.79 Å². The minimum Gasteiger partial charge on any atom is -0.364 e. The molecule has 0 atom stereocenters. The van der Waals surface area contributed by atoms with E-state index in [1.165, 1.54) is 25.9 Å². The second-order valence-electron chi connectivity index (χ2n) is 9.87. The molecule has 11 heteroatoms. The van der Waals surface area contributed by atoms with Gasteiger partial charge in [0.25, 0.3) is 0 Å². The molecule has 2 aliphatic heterocycles. The fourth-order valence-electron chi connectivity index (χ4n) is 4.70. The number of aromatic nitrogens is 3. The largest absolute Gasteiger partial charge is 0.364 e. The first kappa shape index (κ1) is 25.4. The lowest BCUT2D eigenvalue weighted by Crippen LogP contribution is -2.49. The van der Waals surface area contributed by atoms with E-state index in [4.69, 9.17) is 28.2 Å². The van der Waals surface area contributed by atoms with Crippen molar-refractivity contribution >= 4 is 40.9 Å². The lowest BCUT2D eigenvalue weighted by atomic mass is 10.2. The molecule has 1 aromatic heterocycles. The van der Waals surface area contributed by atoms with Gasteiger partial charge in [0, 0.05) is 61.8 Å². The van der Waals surface area contributed by atoms with Crippen LogP contribution in [-0.2, 0) is 17.9 Å². The molecule has 1 aliphatic carbocycles. The maximum absolute atomic E-state index is 12.2. The second-order valence-corrected chi connectivity index (χ2v) is 10.7. The maximum Gasteiger partial charge on any atom is 0.247 e. The van der Waals surface area contributed by atoms with Crippen molar-refractivity contribution in [2.75, 3.05) is 62.6 Å². The van der Waals surface area contributed by atoms with Gasteiger partial charge in [-0.25, -0.2) is 0 Å². The van der Waals surface area contributed by atoms with E-state index in [-0.39, 0.29) is 18.4 Å². The quantitative estimate of drug-likeness (QED) is 0.482. The van der Waals surface area contributed by atoms with Crippen LogP contribution in [0.25, 0.3) is 0 Å². The van der Waals surface area contributed by atoms with Crippen molar-refractivity contribution in [1.82, 2.24) is 30.3 Å². The summed E-state index contributed by atoms with van der Waals surface area (Å²) >= 11 is 12.4. The number of nitrogens with one attached hydrogen (secondary N) is 2. The van der Waals surface area contributed by atoms with E-state index < -0.39 is 0 Å². The number of hydrogen-bond donors (Lipinski definition) is 2. The van der Waals surface area contributed by atoms with Crippen LogP contribution >= 0.6 is 23.2 Å². The Hall–Kier alpha value is -2.20. The summed E-state index contributed by atoms with van der Waals surface area (Å²) in [7, 11) is 0. The van der Waals surface area contributed by atoms with Crippen molar-refractivity contribution in [2.24, 2.45) is 5.92 Å². The average molecular weight is 534 g/mol. The summed E-state index contributed by atoms with van der Waals surface area (Å²) in [6.07, 6.45) is 4.58.